The van der Waals surface area contributed by atoms with Crippen molar-refractivity contribution in [1.29, 1.82) is 0 Å². The van der Waals surface area contributed by atoms with Crippen LogP contribution < -0.4 is 4.57 Å². The summed E-state index contributed by atoms with van der Waals surface area (Å²) in [5.41, 5.74) is 3.74. The number of fused-ring (bicyclic) bond motifs is 1. The molecule has 0 saturated carbocycles. The molecule has 0 amide bonds. The molecule has 0 fully saturated rings. The molecular weight excluding hydrogens is 369 g/mol. The molecule has 3 rings (SSSR count). The van der Waals surface area contributed by atoms with E-state index in [1.54, 1.807) is 0 Å². The lowest BCUT2D eigenvalue weighted by Crippen LogP contribution is -2.36. The van der Waals surface area contributed by atoms with Gasteiger partial charge in [0.25, 0.3) is 0 Å². The highest BCUT2D eigenvalue weighted by Crippen LogP contribution is 2.12. The summed E-state index contributed by atoms with van der Waals surface area (Å²) in [7, 11) is 0. The normalized spacial score (nSPS) is 10.7. The van der Waals surface area contributed by atoms with Crippen molar-refractivity contribution in [3.05, 3.63) is 78.0 Å². The Hall–Kier alpha value is -1.68. The highest BCUT2D eigenvalue weighted by molar-refractivity contribution is 14.0. The number of para-hydroxylation sites is 1. The second kappa shape index (κ2) is 7.36. The Labute approximate surface area is 143 Å². The number of aromatic nitrogens is 1. The molecule has 0 atom stereocenters. The van der Waals surface area contributed by atoms with Gasteiger partial charge in [-0.15, -0.1) is 24.0 Å². The fraction of sp³-hybridized carbons (Fsp3) is 0.105. The van der Waals surface area contributed by atoms with Crippen LogP contribution in [0.5, 0.6) is 0 Å². The zero-order valence-electron chi connectivity index (χ0n) is 12.1. The third-order valence-corrected chi connectivity index (χ3v) is 3.54. The molecule has 0 unspecified atom stereocenters. The van der Waals surface area contributed by atoms with Crippen LogP contribution in [0.1, 0.15) is 18.2 Å². The summed E-state index contributed by atoms with van der Waals surface area (Å²) >= 11 is 0. The zero-order valence-corrected chi connectivity index (χ0v) is 14.4. The summed E-state index contributed by atoms with van der Waals surface area (Å²) in [5, 5.41) is 1.28. The van der Waals surface area contributed by atoms with E-state index in [0.29, 0.717) is 0 Å². The van der Waals surface area contributed by atoms with Crippen LogP contribution >= 0.6 is 24.0 Å². The molecule has 106 valence electrons. The SMILES string of the molecule is CC[n+]1c(/C=C/c2ccccc2)ccc2ccccc21.I. The minimum Gasteiger partial charge on any atom is -0.192 e. The van der Waals surface area contributed by atoms with Crippen molar-refractivity contribution in [3.8, 4) is 0 Å². The van der Waals surface area contributed by atoms with Crippen molar-refractivity contribution in [2.75, 3.05) is 0 Å². The highest BCUT2D eigenvalue weighted by atomic mass is 127. The Morgan fingerprint density at radius 3 is 2.29 bits per heavy atom. The lowest BCUT2D eigenvalue weighted by atomic mass is 10.1. The minimum absolute atomic E-state index is 0. The highest BCUT2D eigenvalue weighted by Gasteiger charge is 2.10. The van der Waals surface area contributed by atoms with Crippen LogP contribution in [0.2, 0.25) is 0 Å². The predicted octanol–water partition coefficient (Wildman–Crippen LogP) is 4.94. The monoisotopic (exact) mass is 388 g/mol. The van der Waals surface area contributed by atoms with Gasteiger partial charge in [-0.1, -0.05) is 42.5 Å². The van der Waals surface area contributed by atoms with Gasteiger partial charge >= 0.3 is 0 Å². The summed E-state index contributed by atoms with van der Waals surface area (Å²) in [6.45, 7) is 3.15. The average Bonchev–Trinajstić information content (AvgIpc) is 2.53. The number of rotatable bonds is 3. The van der Waals surface area contributed by atoms with Gasteiger partial charge in [0.2, 0.25) is 11.2 Å². The molecule has 3 aromatic rings. The molecule has 1 aromatic heterocycles. The first kappa shape index (κ1) is 15.7. The summed E-state index contributed by atoms with van der Waals surface area (Å²) in [5.74, 6) is 0. The largest absolute Gasteiger partial charge is 0.212 e. The Balaban J connectivity index is 0.00000161. The molecule has 0 spiro atoms. The molecule has 0 aliphatic rings. The maximum absolute atomic E-state index is 2.34. The quantitative estimate of drug-likeness (QED) is 0.442. The fourth-order valence-corrected chi connectivity index (χ4v) is 2.52. The van der Waals surface area contributed by atoms with E-state index in [-0.39, 0.29) is 24.0 Å². The predicted molar refractivity (Wildman–Crippen MR) is 101 cm³/mol. The smallest absolute Gasteiger partial charge is 0.192 e. The molecule has 0 aliphatic carbocycles. The summed E-state index contributed by atoms with van der Waals surface area (Å²) in [6, 6.07) is 23.3. The molecule has 21 heavy (non-hydrogen) atoms. The van der Waals surface area contributed by atoms with Crippen LogP contribution in [0.3, 0.4) is 0 Å². The number of halogens is 1. The van der Waals surface area contributed by atoms with E-state index < -0.39 is 0 Å². The molecule has 0 saturated heterocycles. The van der Waals surface area contributed by atoms with Gasteiger partial charge in [0, 0.05) is 23.6 Å². The molecular formula is C19H19IN+. The van der Waals surface area contributed by atoms with E-state index in [0.717, 1.165) is 6.54 Å². The van der Waals surface area contributed by atoms with Gasteiger partial charge in [0.1, 0.15) is 6.54 Å². The van der Waals surface area contributed by atoms with Gasteiger partial charge in [0.15, 0.2) is 0 Å². The fourth-order valence-electron chi connectivity index (χ4n) is 2.52. The van der Waals surface area contributed by atoms with Gasteiger partial charge in [-0.3, -0.25) is 0 Å². The van der Waals surface area contributed by atoms with Gasteiger partial charge in [0.05, 0.1) is 0 Å². The van der Waals surface area contributed by atoms with Gasteiger partial charge in [-0.2, -0.15) is 4.57 Å². The summed E-state index contributed by atoms with van der Waals surface area (Å²) in [6.07, 6.45) is 4.35. The number of nitrogens with zero attached hydrogens (tertiary/aromatic N) is 1. The van der Waals surface area contributed by atoms with Gasteiger partial charge < -0.3 is 0 Å². The zero-order chi connectivity index (χ0) is 13.8. The van der Waals surface area contributed by atoms with E-state index >= 15 is 0 Å². The topological polar surface area (TPSA) is 3.88 Å². The Kier molecular flexibility index (Phi) is 5.51. The molecule has 0 radical (unpaired) electrons. The summed E-state index contributed by atoms with van der Waals surface area (Å²) < 4.78 is 2.34. The van der Waals surface area contributed by atoms with Crippen molar-refractivity contribution in [2.45, 2.75) is 13.5 Å². The second-order valence-corrected chi connectivity index (χ2v) is 4.81. The molecule has 1 heterocycles. The number of hydrogen-bond donors (Lipinski definition) is 0. The molecule has 2 aromatic carbocycles. The maximum Gasteiger partial charge on any atom is 0.212 e. The van der Waals surface area contributed by atoms with Crippen molar-refractivity contribution >= 4 is 47.0 Å². The molecule has 0 N–H and O–H groups in total. The van der Waals surface area contributed by atoms with Crippen molar-refractivity contribution in [1.82, 2.24) is 0 Å². The molecule has 1 nitrogen and oxygen atoms in total. The molecule has 0 aliphatic heterocycles. The van der Waals surface area contributed by atoms with Gasteiger partial charge in [-0.05, 0) is 30.7 Å². The number of aryl methyl sites for hydroxylation is 1. The van der Waals surface area contributed by atoms with E-state index in [1.807, 2.05) is 6.07 Å². The number of hydrogen-bond acceptors (Lipinski definition) is 0. The Morgan fingerprint density at radius 2 is 1.52 bits per heavy atom. The van der Waals surface area contributed by atoms with Crippen LogP contribution in [0.4, 0.5) is 0 Å². The first-order chi connectivity index (χ1) is 9.88. The van der Waals surface area contributed by atoms with E-state index in [4.69, 9.17) is 0 Å². The maximum atomic E-state index is 2.34. The lowest BCUT2D eigenvalue weighted by molar-refractivity contribution is -0.669. The third kappa shape index (κ3) is 3.50. The van der Waals surface area contributed by atoms with Crippen molar-refractivity contribution in [2.24, 2.45) is 0 Å². The van der Waals surface area contributed by atoms with Crippen molar-refractivity contribution in [3.63, 3.8) is 0 Å². The second-order valence-electron chi connectivity index (χ2n) is 4.81. The Morgan fingerprint density at radius 1 is 0.810 bits per heavy atom. The van der Waals surface area contributed by atoms with Crippen LogP contribution in [-0.4, -0.2) is 0 Å². The van der Waals surface area contributed by atoms with Crippen LogP contribution in [0.25, 0.3) is 23.1 Å². The number of pyridine rings is 1. The number of benzene rings is 2. The minimum atomic E-state index is 0. The third-order valence-electron chi connectivity index (χ3n) is 3.54. The van der Waals surface area contributed by atoms with Crippen molar-refractivity contribution < 1.29 is 4.57 Å². The first-order valence-corrected chi connectivity index (χ1v) is 7.03. The standard InChI is InChI=1S/C19H18N.HI/c1-2-20-18(14-12-16-8-4-3-5-9-16)15-13-17-10-6-7-11-19(17)20;/h3-15H,2H2,1H3;1H/q+1;/b14-12+;. The Bertz CT molecular complexity index is 748. The van der Waals surface area contributed by atoms with Gasteiger partial charge in [-0.25, -0.2) is 0 Å². The summed E-state index contributed by atoms with van der Waals surface area (Å²) in [4.78, 5) is 0. The van der Waals surface area contributed by atoms with E-state index in [1.165, 1.54) is 22.2 Å². The van der Waals surface area contributed by atoms with E-state index in [2.05, 4.69) is 84.3 Å². The first-order valence-electron chi connectivity index (χ1n) is 7.03. The van der Waals surface area contributed by atoms with Crippen LogP contribution in [-0.2, 0) is 6.54 Å². The average molecular weight is 388 g/mol. The lowest BCUT2D eigenvalue weighted by Gasteiger charge is -2.02. The molecule has 0 bridgehead atoms. The van der Waals surface area contributed by atoms with Crippen LogP contribution in [0, 0.1) is 0 Å². The van der Waals surface area contributed by atoms with Crippen LogP contribution in [0.15, 0.2) is 66.7 Å². The van der Waals surface area contributed by atoms with E-state index in [9.17, 15) is 0 Å². The molecule has 2 heteroatoms.